The van der Waals surface area contributed by atoms with Gasteiger partial charge in [-0.2, -0.15) is 0 Å². The summed E-state index contributed by atoms with van der Waals surface area (Å²) in [6, 6.07) is 9.26. The van der Waals surface area contributed by atoms with E-state index in [1.54, 1.807) is 0 Å². The fourth-order valence-corrected chi connectivity index (χ4v) is 1.00. The Hall–Kier alpha value is -0.00364. The van der Waals surface area contributed by atoms with Crippen molar-refractivity contribution in [3.8, 4) is 0 Å². The number of rotatable bonds is 4. The molecule has 1 aromatic carbocycles. The maximum absolute atomic E-state index is 10.7. The van der Waals surface area contributed by atoms with Crippen LogP contribution >= 0.6 is 0 Å². The molecule has 0 radical (unpaired) electrons. The molecule has 0 saturated heterocycles. The summed E-state index contributed by atoms with van der Waals surface area (Å²) in [6.45, 7) is 0. The van der Waals surface area contributed by atoms with Crippen LogP contribution in [0.4, 0.5) is 0 Å². The second-order valence-electron chi connectivity index (χ2n) is 2.70. The van der Waals surface area contributed by atoms with Crippen LogP contribution < -0.4 is 56.5 Å². The molecule has 0 unspecified atom stereocenters. The molecule has 4 heteroatoms. The van der Waals surface area contributed by atoms with Crippen LogP contribution in [0.2, 0.25) is 0 Å². The van der Waals surface area contributed by atoms with Gasteiger partial charge in [0.15, 0.2) is 5.78 Å². The summed E-state index contributed by atoms with van der Waals surface area (Å²) in [4.78, 5) is 20.7. The van der Waals surface area contributed by atoms with Crippen molar-refractivity contribution in [2.75, 3.05) is 0 Å². The number of carboxylic acid groups (broad SMARTS) is 1. The van der Waals surface area contributed by atoms with Crippen LogP contribution in [0.3, 0.4) is 0 Å². The SMILES string of the molecule is O=C([O-])C(=O)CCc1ccccc1.[K+]. The summed E-state index contributed by atoms with van der Waals surface area (Å²) in [6.07, 6.45) is 0.458. The topological polar surface area (TPSA) is 57.2 Å². The van der Waals surface area contributed by atoms with Crippen LogP contribution in [0.25, 0.3) is 0 Å². The van der Waals surface area contributed by atoms with Crippen LogP contribution in [0, 0.1) is 0 Å². The van der Waals surface area contributed by atoms with Crippen molar-refractivity contribution < 1.29 is 66.1 Å². The van der Waals surface area contributed by atoms with E-state index in [2.05, 4.69) is 0 Å². The summed E-state index contributed by atoms with van der Waals surface area (Å²) < 4.78 is 0. The molecule has 68 valence electrons. The summed E-state index contributed by atoms with van der Waals surface area (Å²) in [5.41, 5.74) is 0.956. The standard InChI is InChI=1S/C10H10O3.K/c11-9(10(12)13)7-6-8-4-2-1-3-5-8;/h1-5H,6-7H2,(H,12,13);/q;+1/p-1. The summed E-state index contributed by atoms with van der Waals surface area (Å²) in [5, 5.41) is 10.1. The number of carbonyl (C=O) groups is 2. The third kappa shape index (κ3) is 5.02. The van der Waals surface area contributed by atoms with Crippen LogP contribution in [0.5, 0.6) is 0 Å². The first-order valence-corrected chi connectivity index (χ1v) is 3.98. The van der Waals surface area contributed by atoms with Crippen LogP contribution in [0.1, 0.15) is 12.0 Å². The Morgan fingerprint density at radius 2 is 1.71 bits per heavy atom. The molecule has 0 fully saturated rings. The minimum Gasteiger partial charge on any atom is -0.542 e. The summed E-state index contributed by atoms with van der Waals surface area (Å²) in [7, 11) is 0. The fourth-order valence-electron chi connectivity index (χ4n) is 1.00. The molecule has 0 aliphatic rings. The van der Waals surface area contributed by atoms with Gasteiger partial charge in [-0.05, 0) is 12.0 Å². The summed E-state index contributed by atoms with van der Waals surface area (Å²) >= 11 is 0. The first-order chi connectivity index (χ1) is 6.20. The molecule has 0 bridgehead atoms. The molecule has 0 aliphatic heterocycles. The van der Waals surface area contributed by atoms with Crippen molar-refractivity contribution in [1.82, 2.24) is 0 Å². The number of hydrogen-bond donors (Lipinski definition) is 0. The number of Topliss-reactive ketones (excluding diaryl/α,β-unsaturated/α-hetero) is 1. The predicted octanol–water partition coefficient (Wildman–Crippen LogP) is -3.06. The Morgan fingerprint density at radius 3 is 2.21 bits per heavy atom. The average molecular weight is 216 g/mol. The molecule has 0 saturated carbocycles. The molecule has 0 amide bonds. The van der Waals surface area contributed by atoms with Crippen molar-refractivity contribution in [3.63, 3.8) is 0 Å². The molecule has 14 heavy (non-hydrogen) atoms. The maximum Gasteiger partial charge on any atom is 1.00 e. The molecule has 0 aliphatic carbocycles. The quantitative estimate of drug-likeness (QED) is 0.397. The van der Waals surface area contributed by atoms with Crippen molar-refractivity contribution in [2.45, 2.75) is 12.8 Å². The zero-order chi connectivity index (χ0) is 9.68. The number of ketones is 1. The van der Waals surface area contributed by atoms with Gasteiger partial charge in [-0.25, -0.2) is 0 Å². The molecule has 3 nitrogen and oxygen atoms in total. The molecule has 0 spiro atoms. The van der Waals surface area contributed by atoms with E-state index in [9.17, 15) is 14.7 Å². The first-order valence-electron chi connectivity index (χ1n) is 3.98. The Bertz CT molecular complexity index is 308. The van der Waals surface area contributed by atoms with E-state index in [4.69, 9.17) is 0 Å². The Balaban J connectivity index is 0.00000169. The third-order valence-corrected chi connectivity index (χ3v) is 1.71. The van der Waals surface area contributed by atoms with Crippen molar-refractivity contribution >= 4 is 11.8 Å². The van der Waals surface area contributed by atoms with Crippen LogP contribution in [-0.4, -0.2) is 11.8 Å². The Morgan fingerprint density at radius 1 is 1.14 bits per heavy atom. The van der Waals surface area contributed by atoms with Crippen molar-refractivity contribution in [2.24, 2.45) is 0 Å². The van der Waals surface area contributed by atoms with Gasteiger partial charge in [0.05, 0.1) is 0 Å². The molecule has 0 N–H and O–H groups in total. The fraction of sp³-hybridized carbons (Fsp3) is 0.200. The van der Waals surface area contributed by atoms with E-state index >= 15 is 0 Å². The number of carbonyl (C=O) groups excluding carboxylic acids is 2. The molecular weight excluding hydrogens is 207 g/mol. The number of aliphatic carboxylic acids is 1. The van der Waals surface area contributed by atoms with E-state index in [0.717, 1.165) is 5.56 Å². The van der Waals surface area contributed by atoms with E-state index in [1.807, 2.05) is 30.3 Å². The average Bonchev–Trinajstić information content (AvgIpc) is 2.15. The smallest absolute Gasteiger partial charge is 0.542 e. The van der Waals surface area contributed by atoms with E-state index in [0.29, 0.717) is 6.42 Å². The van der Waals surface area contributed by atoms with Crippen molar-refractivity contribution in [1.29, 1.82) is 0 Å². The van der Waals surface area contributed by atoms with E-state index in [-0.39, 0.29) is 57.8 Å². The second kappa shape index (κ2) is 7.31. The Kier molecular flexibility index (Phi) is 7.31. The van der Waals surface area contributed by atoms with E-state index in [1.165, 1.54) is 0 Å². The minimum atomic E-state index is -1.60. The van der Waals surface area contributed by atoms with Crippen LogP contribution in [-0.2, 0) is 16.0 Å². The Labute approximate surface area is 125 Å². The largest absolute Gasteiger partial charge is 1.00 e. The van der Waals surface area contributed by atoms with Crippen LogP contribution in [0.15, 0.2) is 30.3 Å². The van der Waals surface area contributed by atoms with Gasteiger partial charge in [0.2, 0.25) is 0 Å². The molecule has 0 heterocycles. The van der Waals surface area contributed by atoms with E-state index < -0.39 is 11.8 Å². The summed E-state index contributed by atoms with van der Waals surface area (Å²) in [5.74, 6) is -2.44. The number of aryl methyl sites for hydroxylation is 1. The number of hydrogen-bond acceptors (Lipinski definition) is 3. The molecule has 1 rings (SSSR count). The maximum atomic E-state index is 10.7. The number of benzene rings is 1. The minimum absolute atomic E-state index is 0. The monoisotopic (exact) mass is 216 g/mol. The predicted molar refractivity (Wildman–Crippen MR) is 44.8 cm³/mol. The molecule has 1 aromatic rings. The van der Waals surface area contributed by atoms with Gasteiger partial charge in [-0.3, -0.25) is 4.79 Å². The zero-order valence-corrected chi connectivity index (χ0v) is 11.1. The number of carboxylic acids is 1. The van der Waals surface area contributed by atoms with Gasteiger partial charge in [0.1, 0.15) is 5.97 Å². The van der Waals surface area contributed by atoms with Crippen molar-refractivity contribution in [3.05, 3.63) is 35.9 Å². The third-order valence-electron chi connectivity index (χ3n) is 1.71. The molecule has 0 aromatic heterocycles. The first kappa shape index (κ1) is 14.0. The van der Waals surface area contributed by atoms with Gasteiger partial charge in [-0.1, -0.05) is 30.3 Å². The molecule has 0 atom stereocenters. The second-order valence-corrected chi connectivity index (χ2v) is 2.70. The van der Waals surface area contributed by atoms with Gasteiger partial charge < -0.3 is 9.90 Å². The normalized spacial score (nSPS) is 8.86. The zero-order valence-electron chi connectivity index (χ0n) is 8.03. The molecular formula is C10H9KO3. The van der Waals surface area contributed by atoms with Gasteiger partial charge in [-0.15, -0.1) is 0 Å². The van der Waals surface area contributed by atoms with Gasteiger partial charge in [0.25, 0.3) is 0 Å². The van der Waals surface area contributed by atoms with Gasteiger partial charge in [0, 0.05) is 6.42 Å². The van der Waals surface area contributed by atoms with Gasteiger partial charge >= 0.3 is 51.4 Å².